The molecule has 1 saturated carbocycles. The first kappa shape index (κ1) is 9.38. The van der Waals surface area contributed by atoms with Crippen molar-refractivity contribution in [1.82, 2.24) is 0 Å². The van der Waals surface area contributed by atoms with Gasteiger partial charge in [-0.2, -0.15) is 0 Å². The van der Waals surface area contributed by atoms with E-state index in [1.807, 2.05) is 0 Å². The topological polar surface area (TPSA) is 0 Å². The van der Waals surface area contributed by atoms with Crippen LogP contribution >= 0.6 is 11.6 Å². The zero-order valence-electron chi connectivity index (χ0n) is 7.86. The second-order valence-electron chi connectivity index (χ2n) is 4.77. The quantitative estimate of drug-likeness (QED) is 0.490. The van der Waals surface area contributed by atoms with Crippen molar-refractivity contribution >= 4 is 11.6 Å². The van der Waals surface area contributed by atoms with Crippen molar-refractivity contribution in [3.8, 4) is 0 Å². The summed E-state index contributed by atoms with van der Waals surface area (Å²) in [5.74, 6) is 0.734. The predicted molar refractivity (Wildman–Crippen MR) is 51.1 cm³/mol. The van der Waals surface area contributed by atoms with Gasteiger partial charge in [-0.3, -0.25) is 0 Å². The molecular weight excluding hydrogens is 156 g/mol. The molecule has 2 unspecified atom stereocenters. The maximum atomic E-state index is 6.27. The third kappa shape index (κ3) is 2.37. The molecule has 0 aromatic carbocycles. The van der Waals surface area contributed by atoms with Crippen LogP contribution in [0.5, 0.6) is 0 Å². The minimum absolute atomic E-state index is 0.410. The highest BCUT2D eigenvalue weighted by atomic mass is 35.5. The van der Waals surface area contributed by atoms with Crippen LogP contribution in [0.4, 0.5) is 0 Å². The van der Waals surface area contributed by atoms with E-state index in [-0.39, 0.29) is 0 Å². The van der Waals surface area contributed by atoms with E-state index < -0.39 is 0 Å². The van der Waals surface area contributed by atoms with E-state index in [2.05, 4.69) is 20.8 Å². The van der Waals surface area contributed by atoms with Crippen LogP contribution in [0, 0.1) is 11.3 Å². The van der Waals surface area contributed by atoms with Gasteiger partial charge in [0.25, 0.3) is 0 Å². The monoisotopic (exact) mass is 174 g/mol. The summed E-state index contributed by atoms with van der Waals surface area (Å²) in [5, 5.41) is 0.434. The highest BCUT2D eigenvalue weighted by Crippen LogP contribution is 2.40. The fourth-order valence-electron chi connectivity index (χ4n) is 2.06. The molecule has 1 heteroatoms. The fraction of sp³-hybridized carbons (Fsp3) is 1.00. The zero-order valence-corrected chi connectivity index (χ0v) is 8.62. The molecule has 0 heterocycles. The fourth-order valence-corrected chi connectivity index (χ4v) is 2.72. The highest BCUT2D eigenvalue weighted by molar-refractivity contribution is 6.20. The zero-order chi connectivity index (χ0) is 8.48. The minimum atomic E-state index is 0.410. The third-order valence-electron chi connectivity index (χ3n) is 2.79. The molecule has 66 valence electrons. The van der Waals surface area contributed by atoms with Crippen molar-refractivity contribution in [2.75, 3.05) is 0 Å². The van der Waals surface area contributed by atoms with Crippen molar-refractivity contribution in [3.05, 3.63) is 0 Å². The number of alkyl halides is 1. The third-order valence-corrected chi connectivity index (χ3v) is 3.32. The van der Waals surface area contributed by atoms with Crippen LogP contribution in [0.15, 0.2) is 0 Å². The summed E-state index contributed by atoms with van der Waals surface area (Å²) in [6.07, 6.45) is 5.27. The van der Waals surface area contributed by atoms with Gasteiger partial charge < -0.3 is 0 Å². The first-order chi connectivity index (χ1) is 5.02. The summed E-state index contributed by atoms with van der Waals surface area (Å²) in [6, 6.07) is 0. The summed E-state index contributed by atoms with van der Waals surface area (Å²) in [7, 11) is 0. The highest BCUT2D eigenvalue weighted by Gasteiger charge is 2.32. The molecule has 0 aliphatic heterocycles. The molecule has 2 atom stereocenters. The van der Waals surface area contributed by atoms with Crippen molar-refractivity contribution in [2.24, 2.45) is 11.3 Å². The van der Waals surface area contributed by atoms with Gasteiger partial charge in [-0.15, -0.1) is 11.6 Å². The Morgan fingerprint density at radius 1 is 1.09 bits per heavy atom. The summed E-state index contributed by atoms with van der Waals surface area (Å²) in [6.45, 7) is 6.91. The van der Waals surface area contributed by atoms with E-state index in [9.17, 15) is 0 Å². The molecule has 0 aromatic heterocycles. The summed E-state index contributed by atoms with van der Waals surface area (Å²) >= 11 is 6.27. The molecule has 0 aromatic rings. The minimum Gasteiger partial charge on any atom is -0.123 e. The lowest BCUT2D eigenvalue weighted by atomic mass is 9.72. The average molecular weight is 175 g/mol. The van der Waals surface area contributed by atoms with Crippen LogP contribution in [0.2, 0.25) is 0 Å². The molecule has 1 fully saturated rings. The Morgan fingerprint density at radius 3 is 2.00 bits per heavy atom. The Kier molecular flexibility index (Phi) is 2.85. The summed E-state index contributed by atoms with van der Waals surface area (Å²) in [5.41, 5.74) is 0.410. The Hall–Kier alpha value is 0.290. The molecule has 11 heavy (non-hydrogen) atoms. The molecule has 0 radical (unpaired) electrons. The van der Waals surface area contributed by atoms with Gasteiger partial charge in [0.05, 0.1) is 0 Å². The molecule has 0 bridgehead atoms. The molecule has 0 saturated heterocycles. The number of hydrogen-bond donors (Lipinski definition) is 0. The van der Waals surface area contributed by atoms with Crippen LogP contribution in [-0.2, 0) is 0 Å². The van der Waals surface area contributed by atoms with Crippen LogP contribution in [-0.4, -0.2) is 5.38 Å². The van der Waals surface area contributed by atoms with Gasteiger partial charge in [-0.1, -0.05) is 33.6 Å². The standard InChI is InChI=1S/C10H19Cl/c1-10(2,3)8-6-4-5-7-9(8)11/h8-9H,4-7H2,1-3H3. The largest absolute Gasteiger partial charge is 0.123 e. The van der Waals surface area contributed by atoms with Gasteiger partial charge in [-0.05, 0) is 24.2 Å². The Labute approximate surface area is 75.3 Å². The lowest BCUT2D eigenvalue weighted by Gasteiger charge is -2.37. The van der Waals surface area contributed by atoms with Crippen LogP contribution in [0.25, 0.3) is 0 Å². The first-order valence-electron chi connectivity index (χ1n) is 4.66. The Balaban J connectivity index is 2.55. The molecule has 0 spiro atoms. The lowest BCUT2D eigenvalue weighted by molar-refractivity contribution is 0.184. The van der Waals surface area contributed by atoms with Crippen molar-refractivity contribution < 1.29 is 0 Å². The maximum absolute atomic E-state index is 6.27. The number of halogens is 1. The van der Waals surface area contributed by atoms with Gasteiger partial charge in [0.15, 0.2) is 0 Å². The normalized spacial score (nSPS) is 33.8. The van der Waals surface area contributed by atoms with Gasteiger partial charge in [-0.25, -0.2) is 0 Å². The van der Waals surface area contributed by atoms with Gasteiger partial charge in [0, 0.05) is 5.38 Å². The summed E-state index contributed by atoms with van der Waals surface area (Å²) < 4.78 is 0. The second-order valence-corrected chi connectivity index (χ2v) is 5.33. The van der Waals surface area contributed by atoms with Crippen molar-refractivity contribution in [3.63, 3.8) is 0 Å². The Bertz CT molecular complexity index is 123. The van der Waals surface area contributed by atoms with Crippen molar-refractivity contribution in [2.45, 2.75) is 51.8 Å². The lowest BCUT2D eigenvalue weighted by Crippen LogP contribution is -2.31. The summed E-state index contributed by atoms with van der Waals surface area (Å²) in [4.78, 5) is 0. The molecule has 0 amide bonds. The average Bonchev–Trinajstić information content (AvgIpc) is 1.86. The predicted octanol–water partition coefficient (Wildman–Crippen LogP) is 3.83. The number of rotatable bonds is 0. The first-order valence-corrected chi connectivity index (χ1v) is 5.09. The second kappa shape index (κ2) is 3.35. The smallest absolute Gasteiger partial charge is 0.0369 e. The van der Waals surface area contributed by atoms with Gasteiger partial charge >= 0.3 is 0 Å². The van der Waals surface area contributed by atoms with Gasteiger partial charge in [0.2, 0.25) is 0 Å². The molecule has 1 aliphatic rings. The molecule has 0 N–H and O–H groups in total. The van der Waals surface area contributed by atoms with E-state index in [1.54, 1.807) is 0 Å². The van der Waals surface area contributed by atoms with Crippen LogP contribution in [0.3, 0.4) is 0 Å². The maximum Gasteiger partial charge on any atom is 0.0369 e. The van der Waals surface area contributed by atoms with E-state index in [0.29, 0.717) is 10.8 Å². The molecule has 1 rings (SSSR count). The molecular formula is C10H19Cl. The van der Waals surface area contributed by atoms with Crippen LogP contribution < -0.4 is 0 Å². The van der Waals surface area contributed by atoms with E-state index in [0.717, 1.165) is 5.92 Å². The van der Waals surface area contributed by atoms with E-state index in [4.69, 9.17) is 11.6 Å². The van der Waals surface area contributed by atoms with Crippen molar-refractivity contribution in [1.29, 1.82) is 0 Å². The molecule has 1 aliphatic carbocycles. The number of hydrogen-bond acceptors (Lipinski definition) is 0. The van der Waals surface area contributed by atoms with E-state index in [1.165, 1.54) is 25.7 Å². The van der Waals surface area contributed by atoms with E-state index >= 15 is 0 Å². The Morgan fingerprint density at radius 2 is 1.64 bits per heavy atom. The SMILES string of the molecule is CC(C)(C)C1CCCCC1Cl. The van der Waals surface area contributed by atoms with Crippen LogP contribution in [0.1, 0.15) is 46.5 Å². The van der Waals surface area contributed by atoms with Gasteiger partial charge in [0.1, 0.15) is 0 Å². The molecule has 0 nitrogen and oxygen atoms in total.